The van der Waals surface area contributed by atoms with Gasteiger partial charge in [0.25, 0.3) is 0 Å². The minimum atomic E-state index is -0.402. The summed E-state index contributed by atoms with van der Waals surface area (Å²) >= 11 is 0. The summed E-state index contributed by atoms with van der Waals surface area (Å²) in [6, 6.07) is 4.23. The van der Waals surface area contributed by atoms with Crippen molar-refractivity contribution in [2.45, 2.75) is 32.7 Å². The van der Waals surface area contributed by atoms with Gasteiger partial charge in [0.2, 0.25) is 0 Å². The van der Waals surface area contributed by atoms with Crippen molar-refractivity contribution in [1.29, 1.82) is 0 Å². The lowest BCUT2D eigenvalue weighted by Gasteiger charge is -2.23. The molecule has 2 rings (SSSR count). The fraction of sp³-hybridized carbons (Fsp3) is 0.625. The Kier molecular flexibility index (Phi) is 5.38. The molecule has 2 N–H and O–H groups in total. The first kappa shape index (κ1) is 15.3. The molecule has 1 aliphatic rings. The van der Waals surface area contributed by atoms with E-state index in [2.05, 4.69) is 17.1 Å². The summed E-state index contributed by atoms with van der Waals surface area (Å²) in [4.78, 5) is 2.51. The van der Waals surface area contributed by atoms with Gasteiger partial charge < -0.3 is 15.3 Å². The summed E-state index contributed by atoms with van der Waals surface area (Å²) in [5.74, 6) is 0.191. The van der Waals surface area contributed by atoms with Gasteiger partial charge in [-0.05, 0) is 51.4 Å². The largest absolute Gasteiger partial charge is 0.508 e. The van der Waals surface area contributed by atoms with Crippen LogP contribution in [-0.4, -0.2) is 36.2 Å². The predicted octanol–water partition coefficient (Wildman–Crippen LogP) is 2.91. The van der Waals surface area contributed by atoms with Crippen molar-refractivity contribution in [2.24, 2.45) is 5.92 Å². The quantitative estimate of drug-likeness (QED) is 0.841. The SMILES string of the molecule is CC(CNC(C)c1ccc(F)cc1O)CN1CCCC1. The molecule has 1 fully saturated rings. The molecule has 0 aromatic heterocycles. The van der Waals surface area contributed by atoms with Crippen LogP contribution in [0.4, 0.5) is 4.39 Å². The number of aromatic hydroxyl groups is 1. The van der Waals surface area contributed by atoms with Gasteiger partial charge in [-0.3, -0.25) is 0 Å². The van der Waals surface area contributed by atoms with Crippen LogP contribution in [-0.2, 0) is 0 Å². The average molecular weight is 280 g/mol. The van der Waals surface area contributed by atoms with Crippen molar-refractivity contribution >= 4 is 0 Å². The first-order chi connectivity index (χ1) is 9.56. The summed E-state index contributed by atoms with van der Waals surface area (Å²) < 4.78 is 13.0. The fourth-order valence-corrected chi connectivity index (χ4v) is 2.84. The van der Waals surface area contributed by atoms with Crippen molar-refractivity contribution in [3.8, 4) is 5.75 Å². The van der Waals surface area contributed by atoms with Gasteiger partial charge in [-0.15, -0.1) is 0 Å². The van der Waals surface area contributed by atoms with Crippen LogP contribution in [0.15, 0.2) is 18.2 Å². The van der Waals surface area contributed by atoms with Gasteiger partial charge in [0.1, 0.15) is 11.6 Å². The Morgan fingerprint density at radius 3 is 2.65 bits per heavy atom. The molecular formula is C16H25FN2O. The zero-order valence-corrected chi connectivity index (χ0v) is 12.4. The van der Waals surface area contributed by atoms with Crippen LogP contribution >= 0.6 is 0 Å². The number of likely N-dealkylation sites (tertiary alicyclic amines) is 1. The Bertz CT molecular complexity index is 432. The molecule has 1 aromatic carbocycles. The summed E-state index contributed by atoms with van der Waals surface area (Å²) in [5, 5.41) is 13.2. The van der Waals surface area contributed by atoms with Gasteiger partial charge in [0, 0.05) is 24.2 Å². The van der Waals surface area contributed by atoms with Crippen LogP contribution in [0.2, 0.25) is 0 Å². The van der Waals surface area contributed by atoms with Crippen molar-refractivity contribution in [3.63, 3.8) is 0 Å². The average Bonchev–Trinajstić information content (AvgIpc) is 2.89. The highest BCUT2D eigenvalue weighted by Crippen LogP contribution is 2.24. The van der Waals surface area contributed by atoms with E-state index in [1.807, 2.05) is 6.92 Å². The molecule has 2 atom stereocenters. The second kappa shape index (κ2) is 7.04. The number of benzene rings is 1. The second-order valence-electron chi connectivity index (χ2n) is 5.95. The zero-order chi connectivity index (χ0) is 14.5. The van der Waals surface area contributed by atoms with Gasteiger partial charge in [-0.1, -0.05) is 13.0 Å². The minimum Gasteiger partial charge on any atom is -0.508 e. The van der Waals surface area contributed by atoms with Crippen molar-refractivity contribution < 1.29 is 9.50 Å². The third kappa shape index (κ3) is 4.18. The molecule has 0 amide bonds. The first-order valence-corrected chi connectivity index (χ1v) is 7.50. The topological polar surface area (TPSA) is 35.5 Å². The maximum atomic E-state index is 13.0. The molecule has 1 heterocycles. The second-order valence-corrected chi connectivity index (χ2v) is 5.95. The van der Waals surface area contributed by atoms with E-state index in [-0.39, 0.29) is 11.8 Å². The lowest BCUT2D eigenvalue weighted by Crippen LogP contribution is -2.32. The number of halogens is 1. The highest BCUT2D eigenvalue weighted by molar-refractivity contribution is 5.34. The van der Waals surface area contributed by atoms with Gasteiger partial charge in [-0.2, -0.15) is 0 Å². The van der Waals surface area contributed by atoms with Crippen molar-refractivity contribution in [3.05, 3.63) is 29.6 Å². The smallest absolute Gasteiger partial charge is 0.126 e. The van der Waals surface area contributed by atoms with Crippen LogP contribution < -0.4 is 5.32 Å². The summed E-state index contributed by atoms with van der Waals surface area (Å²) in [6.45, 7) is 8.69. The molecule has 3 nitrogen and oxygen atoms in total. The number of phenolic OH excluding ortho intramolecular Hbond substituents is 1. The van der Waals surface area contributed by atoms with E-state index >= 15 is 0 Å². The molecule has 20 heavy (non-hydrogen) atoms. The molecule has 4 heteroatoms. The Hall–Kier alpha value is -1.13. The molecule has 112 valence electrons. The monoisotopic (exact) mass is 280 g/mol. The van der Waals surface area contributed by atoms with Gasteiger partial charge >= 0.3 is 0 Å². The third-order valence-electron chi connectivity index (χ3n) is 4.00. The molecular weight excluding hydrogens is 255 g/mol. The summed E-state index contributed by atoms with van der Waals surface area (Å²) in [6.07, 6.45) is 2.64. The van der Waals surface area contributed by atoms with Crippen LogP contribution in [0, 0.1) is 11.7 Å². The normalized spacial score (nSPS) is 19.1. The molecule has 1 saturated heterocycles. The van der Waals surface area contributed by atoms with Crippen molar-refractivity contribution in [2.75, 3.05) is 26.2 Å². The standard InChI is InChI=1S/C16H25FN2O/c1-12(11-19-7-3-4-8-19)10-18-13(2)15-6-5-14(17)9-16(15)20/h5-6,9,12-13,18,20H,3-4,7-8,10-11H2,1-2H3. The number of hydrogen-bond acceptors (Lipinski definition) is 3. The molecule has 0 radical (unpaired) electrons. The van der Waals surface area contributed by atoms with E-state index < -0.39 is 5.82 Å². The van der Waals surface area contributed by atoms with E-state index in [1.165, 1.54) is 38.1 Å². The van der Waals surface area contributed by atoms with Crippen LogP contribution in [0.3, 0.4) is 0 Å². The maximum Gasteiger partial charge on any atom is 0.126 e. The van der Waals surface area contributed by atoms with Gasteiger partial charge in [0.15, 0.2) is 0 Å². The third-order valence-corrected chi connectivity index (χ3v) is 4.00. The van der Waals surface area contributed by atoms with Crippen LogP contribution in [0.1, 0.15) is 38.3 Å². The Morgan fingerprint density at radius 1 is 1.30 bits per heavy atom. The number of nitrogens with zero attached hydrogens (tertiary/aromatic N) is 1. The minimum absolute atomic E-state index is 0.0247. The summed E-state index contributed by atoms with van der Waals surface area (Å²) in [7, 11) is 0. The lowest BCUT2D eigenvalue weighted by atomic mass is 10.1. The Morgan fingerprint density at radius 2 is 2.00 bits per heavy atom. The fourth-order valence-electron chi connectivity index (χ4n) is 2.84. The van der Waals surface area contributed by atoms with Crippen LogP contribution in [0.5, 0.6) is 5.75 Å². The Balaban J connectivity index is 1.80. The molecule has 0 spiro atoms. The molecule has 0 bridgehead atoms. The summed E-state index contributed by atoms with van der Waals surface area (Å²) in [5.41, 5.74) is 0.750. The van der Waals surface area contributed by atoms with E-state index in [1.54, 1.807) is 6.07 Å². The van der Waals surface area contributed by atoms with E-state index in [0.29, 0.717) is 5.92 Å². The number of phenols is 1. The van der Waals surface area contributed by atoms with Gasteiger partial charge in [-0.25, -0.2) is 4.39 Å². The number of rotatable bonds is 6. The first-order valence-electron chi connectivity index (χ1n) is 7.50. The van der Waals surface area contributed by atoms with Crippen molar-refractivity contribution in [1.82, 2.24) is 10.2 Å². The van der Waals surface area contributed by atoms with E-state index in [4.69, 9.17) is 0 Å². The number of hydrogen-bond donors (Lipinski definition) is 2. The molecule has 2 unspecified atom stereocenters. The molecule has 1 aromatic rings. The Labute approximate surface area is 120 Å². The predicted molar refractivity (Wildman–Crippen MR) is 79.3 cm³/mol. The maximum absolute atomic E-state index is 13.0. The molecule has 0 saturated carbocycles. The van der Waals surface area contributed by atoms with Crippen LogP contribution in [0.25, 0.3) is 0 Å². The lowest BCUT2D eigenvalue weighted by molar-refractivity contribution is 0.278. The number of nitrogens with one attached hydrogen (secondary N) is 1. The molecule has 0 aliphatic carbocycles. The highest BCUT2D eigenvalue weighted by atomic mass is 19.1. The van der Waals surface area contributed by atoms with Gasteiger partial charge in [0.05, 0.1) is 0 Å². The van der Waals surface area contributed by atoms with E-state index in [9.17, 15) is 9.50 Å². The zero-order valence-electron chi connectivity index (χ0n) is 12.4. The highest BCUT2D eigenvalue weighted by Gasteiger charge is 2.16. The molecule has 1 aliphatic heterocycles. The van der Waals surface area contributed by atoms with E-state index in [0.717, 1.165) is 18.7 Å².